The highest BCUT2D eigenvalue weighted by Crippen LogP contribution is 2.41. The zero-order chi connectivity index (χ0) is 39.1. The summed E-state index contributed by atoms with van der Waals surface area (Å²) in [6.07, 6.45) is 9.53. The number of rotatable bonds is 8. The van der Waals surface area contributed by atoms with E-state index in [9.17, 15) is 0 Å². The van der Waals surface area contributed by atoms with Crippen LogP contribution in [0.25, 0.3) is 77.5 Å². The van der Waals surface area contributed by atoms with Crippen LogP contribution >= 0.6 is 0 Å². The molecule has 11 rings (SSSR count). The molecule has 4 aromatic heterocycles. The molecule has 0 aliphatic rings. The maximum atomic E-state index is 4.20. The highest BCUT2D eigenvalue weighted by molar-refractivity contribution is 6.19. The molecule has 0 unspecified atom stereocenters. The fourth-order valence-electron chi connectivity index (χ4n) is 8.51. The normalized spacial score (nSPS) is 11.4. The molecule has 0 fully saturated rings. The van der Waals surface area contributed by atoms with Crippen LogP contribution in [0.1, 0.15) is 0 Å². The van der Waals surface area contributed by atoms with Crippen LogP contribution in [0.3, 0.4) is 0 Å². The lowest BCUT2D eigenvalue weighted by molar-refractivity contribution is 1.13. The predicted octanol–water partition coefficient (Wildman–Crippen LogP) is 14.0. The molecule has 278 valence electrons. The molecule has 7 aromatic carbocycles. The van der Waals surface area contributed by atoms with Crippen LogP contribution in [0.2, 0.25) is 0 Å². The van der Waals surface area contributed by atoms with Gasteiger partial charge in [-0.1, -0.05) is 84.9 Å². The van der Waals surface area contributed by atoms with Crippen molar-refractivity contribution in [3.63, 3.8) is 0 Å². The maximum absolute atomic E-state index is 4.20. The number of anilines is 3. The van der Waals surface area contributed by atoms with E-state index in [-0.39, 0.29) is 0 Å². The number of pyridine rings is 2. The number of aromatic nitrogens is 4. The average molecular weight is 756 g/mol. The lowest BCUT2D eigenvalue weighted by atomic mass is 10.0. The highest BCUT2D eigenvalue weighted by Gasteiger charge is 2.19. The summed E-state index contributed by atoms with van der Waals surface area (Å²) in [6, 6.07) is 69.7. The van der Waals surface area contributed by atoms with Crippen molar-refractivity contribution in [3.8, 4) is 44.8 Å². The minimum absolute atomic E-state index is 1.08. The topological polar surface area (TPSA) is 38.9 Å². The molecule has 0 amide bonds. The molecule has 0 radical (unpaired) electrons. The first-order chi connectivity index (χ1) is 29.3. The molecule has 59 heavy (non-hydrogen) atoms. The van der Waals surface area contributed by atoms with Gasteiger partial charge in [-0.3, -0.25) is 9.97 Å². The van der Waals surface area contributed by atoms with Crippen LogP contribution < -0.4 is 4.90 Å². The summed E-state index contributed by atoms with van der Waals surface area (Å²) in [5, 5.41) is 3.68. The summed E-state index contributed by atoms with van der Waals surface area (Å²) in [5.41, 5.74) is 16.0. The van der Waals surface area contributed by atoms with Crippen molar-refractivity contribution >= 4 is 49.8 Å². The SMILES string of the molecule is c1ccc(-n2ccc3c2ccc2c4cc(-c5ccc(N(c6ccc(-c7ccncc7)cc6)c6ccc(-c7ccncc7)cc6)cc5)ccc4n(-c4ccccc4)c23)cc1. The van der Waals surface area contributed by atoms with Crippen LogP contribution in [-0.4, -0.2) is 19.1 Å². The molecule has 5 heteroatoms. The Balaban J connectivity index is 1.00. The zero-order valence-electron chi connectivity index (χ0n) is 32.1. The molecule has 0 bridgehead atoms. The minimum atomic E-state index is 1.08. The van der Waals surface area contributed by atoms with Crippen molar-refractivity contribution in [1.29, 1.82) is 0 Å². The van der Waals surface area contributed by atoms with E-state index in [1.165, 1.54) is 38.3 Å². The Labute approximate surface area is 342 Å². The molecule has 0 aliphatic heterocycles. The van der Waals surface area contributed by atoms with Crippen molar-refractivity contribution in [2.45, 2.75) is 0 Å². The first kappa shape index (κ1) is 34.2. The molecule has 5 nitrogen and oxygen atoms in total. The van der Waals surface area contributed by atoms with E-state index in [0.29, 0.717) is 0 Å². The summed E-state index contributed by atoms with van der Waals surface area (Å²) in [4.78, 5) is 10.7. The lowest BCUT2D eigenvalue weighted by Crippen LogP contribution is -2.09. The van der Waals surface area contributed by atoms with Gasteiger partial charge in [0.05, 0.1) is 16.6 Å². The van der Waals surface area contributed by atoms with E-state index in [4.69, 9.17) is 0 Å². The van der Waals surface area contributed by atoms with Crippen molar-refractivity contribution in [3.05, 3.63) is 225 Å². The summed E-state index contributed by atoms with van der Waals surface area (Å²) in [7, 11) is 0. The van der Waals surface area contributed by atoms with Gasteiger partial charge in [0.15, 0.2) is 0 Å². The van der Waals surface area contributed by atoms with E-state index in [0.717, 1.165) is 56.3 Å². The maximum Gasteiger partial charge on any atom is 0.0635 e. The van der Waals surface area contributed by atoms with Crippen LogP contribution in [0, 0.1) is 0 Å². The van der Waals surface area contributed by atoms with Crippen LogP contribution in [0.5, 0.6) is 0 Å². The number of hydrogen-bond donors (Lipinski definition) is 0. The van der Waals surface area contributed by atoms with Crippen molar-refractivity contribution in [2.75, 3.05) is 4.90 Å². The monoisotopic (exact) mass is 755 g/mol. The second kappa shape index (κ2) is 14.5. The molecule has 4 heterocycles. The van der Waals surface area contributed by atoms with Gasteiger partial charge in [-0.25, -0.2) is 0 Å². The number of hydrogen-bond acceptors (Lipinski definition) is 3. The third-order valence-corrected chi connectivity index (χ3v) is 11.4. The Bertz CT molecular complexity index is 3130. The van der Waals surface area contributed by atoms with E-state index in [1.54, 1.807) is 0 Å². The van der Waals surface area contributed by atoms with Gasteiger partial charge in [0, 0.05) is 75.6 Å². The number of fused-ring (bicyclic) bond motifs is 5. The highest BCUT2D eigenvalue weighted by atomic mass is 15.1. The average Bonchev–Trinajstić information content (AvgIpc) is 3.90. The second-order valence-electron chi connectivity index (χ2n) is 14.8. The largest absolute Gasteiger partial charge is 0.316 e. The minimum Gasteiger partial charge on any atom is -0.316 e. The molecule has 11 aromatic rings. The van der Waals surface area contributed by atoms with Crippen LogP contribution in [-0.2, 0) is 0 Å². The Morgan fingerprint density at radius 1 is 0.339 bits per heavy atom. The fraction of sp³-hybridized carbons (Fsp3) is 0. The van der Waals surface area contributed by atoms with E-state index in [1.807, 2.05) is 49.1 Å². The molecule has 0 saturated carbocycles. The third-order valence-electron chi connectivity index (χ3n) is 11.4. The molecular formula is C54H37N5. The Kier molecular flexibility index (Phi) is 8.41. The van der Waals surface area contributed by atoms with E-state index >= 15 is 0 Å². The van der Waals surface area contributed by atoms with Gasteiger partial charge >= 0.3 is 0 Å². The predicted molar refractivity (Wildman–Crippen MR) is 244 cm³/mol. The first-order valence-electron chi connectivity index (χ1n) is 19.9. The van der Waals surface area contributed by atoms with Crippen molar-refractivity contribution in [2.24, 2.45) is 0 Å². The van der Waals surface area contributed by atoms with Gasteiger partial charge in [-0.05, 0) is 143 Å². The standard InChI is InChI=1S/C54H37N5/c1-3-7-44(8-4-1)57-36-31-50-52(57)26-24-49-51-37-43(17-25-53(51)59(54(49)50)45-9-5-2-6-10-45)40-15-22-48(23-16-40)58(46-18-11-38(12-19-46)41-27-32-55-33-28-41)47-20-13-39(14-21-47)42-29-34-56-35-30-42/h1-37H. The third kappa shape index (κ3) is 6.13. The Hall–Kier alpha value is -8.02. The number of benzene rings is 7. The molecule has 0 atom stereocenters. The molecule has 0 N–H and O–H groups in total. The van der Waals surface area contributed by atoms with Gasteiger partial charge < -0.3 is 14.0 Å². The smallest absolute Gasteiger partial charge is 0.0635 e. The summed E-state index contributed by atoms with van der Waals surface area (Å²) in [6.45, 7) is 0. The zero-order valence-corrected chi connectivity index (χ0v) is 32.1. The number of nitrogens with zero attached hydrogens (tertiary/aromatic N) is 5. The first-order valence-corrected chi connectivity index (χ1v) is 19.9. The van der Waals surface area contributed by atoms with Gasteiger partial charge in [0.1, 0.15) is 0 Å². The van der Waals surface area contributed by atoms with E-state index < -0.39 is 0 Å². The van der Waals surface area contributed by atoms with Crippen molar-refractivity contribution < 1.29 is 0 Å². The fourth-order valence-corrected chi connectivity index (χ4v) is 8.51. The van der Waals surface area contributed by atoms with Gasteiger partial charge in [-0.15, -0.1) is 0 Å². The van der Waals surface area contributed by atoms with Gasteiger partial charge in [-0.2, -0.15) is 0 Å². The Morgan fingerprint density at radius 2 is 0.797 bits per heavy atom. The Morgan fingerprint density at radius 3 is 1.34 bits per heavy atom. The second-order valence-corrected chi connectivity index (χ2v) is 14.8. The molecule has 0 saturated heterocycles. The summed E-state index contributed by atoms with van der Waals surface area (Å²) in [5.74, 6) is 0. The van der Waals surface area contributed by atoms with Crippen LogP contribution in [0.4, 0.5) is 17.1 Å². The van der Waals surface area contributed by atoms with Crippen LogP contribution in [0.15, 0.2) is 225 Å². The van der Waals surface area contributed by atoms with Gasteiger partial charge in [0.25, 0.3) is 0 Å². The molecular weight excluding hydrogens is 719 g/mol. The van der Waals surface area contributed by atoms with Crippen molar-refractivity contribution in [1.82, 2.24) is 19.1 Å². The lowest BCUT2D eigenvalue weighted by Gasteiger charge is -2.26. The quantitative estimate of drug-likeness (QED) is 0.155. The molecule has 0 spiro atoms. The van der Waals surface area contributed by atoms with Gasteiger partial charge in [0.2, 0.25) is 0 Å². The van der Waals surface area contributed by atoms with E-state index in [2.05, 4.69) is 200 Å². The summed E-state index contributed by atoms with van der Waals surface area (Å²) < 4.78 is 4.70. The summed E-state index contributed by atoms with van der Waals surface area (Å²) >= 11 is 0. The molecule has 0 aliphatic carbocycles. The number of para-hydroxylation sites is 2.